The Balaban J connectivity index is 1.82. The van der Waals surface area contributed by atoms with Crippen molar-refractivity contribution >= 4 is 11.3 Å². The van der Waals surface area contributed by atoms with Crippen LogP contribution in [0.3, 0.4) is 0 Å². The van der Waals surface area contributed by atoms with Gasteiger partial charge in [0.2, 0.25) is 0 Å². The molecular formula is C13H19NS. The molecule has 1 aliphatic heterocycles. The number of hydrogen-bond donors (Lipinski definition) is 1. The maximum atomic E-state index is 3.58. The second kappa shape index (κ2) is 4.26. The van der Waals surface area contributed by atoms with E-state index < -0.39 is 0 Å². The third-order valence-corrected chi connectivity index (χ3v) is 5.11. The van der Waals surface area contributed by atoms with Gasteiger partial charge in [-0.2, -0.15) is 0 Å². The van der Waals surface area contributed by atoms with Gasteiger partial charge in [-0.1, -0.05) is 19.3 Å². The summed E-state index contributed by atoms with van der Waals surface area (Å²) in [5.41, 5.74) is 1.57. The molecule has 1 nitrogen and oxygen atoms in total. The first-order chi connectivity index (χ1) is 7.45. The van der Waals surface area contributed by atoms with E-state index >= 15 is 0 Å². The van der Waals surface area contributed by atoms with E-state index in [9.17, 15) is 0 Å². The molecular weight excluding hydrogens is 202 g/mol. The summed E-state index contributed by atoms with van der Waals surface area (Å²) >= 11 is 1.99. The van der Waals surface area contributed by atoms with Crippen LogP contribution < -0.4 is 5.32 Å². The Morgan fingerprint density at radius 3 is 2.93 bits per heavy atom. The summed E-state index contributed by atoms with van der Waals surface area (Å²) in [6.07, 6.45) is 7.31. The van der Waals surface area contributed by atoms with E-state index in [1.54, 1.807) is 10.4 Å². The van der Waals surface area contributed by atoms with Crippen molar-refractivity contribution in [3.05, 3.63) is 21.9 Å². The molecule has 2 heterocycles. The van der Waals surface area contributed by atoms with Crippen LogP contribution in [0, 0.1) is 5.92 Å². The lowest BCUT2D eigenvalue weighted by atomic mass is 9.77. The molecule has 3 rings (SSSR count). The van der Waals surface area contributed by atoms with Gasteiger partial charge in [-0.05, 0) is 35.8 Å². The van der Waals surface area contributed by atoms with Crippen molar-refractivity contribution in [2.45, 2.75) is 44.6 Å². The summed E-state index contributed by atoms with van der Waals surface area (Å²) < 4.78 is 0. The van der Waals surface area contributed by atoms with Gasteiger partial charge in [0.25, 0.3) is 0 Å². The average Bonchev–Trinajstić information content (AvgIpc) is 2.78. The molecule has 0 radical (unpaired) electrons. The normalized spacial score (nSPS) is 27.6. The van der Waals surface area contributed by atoms with Crippen LogP contribution in [0.15, 0.2) is 11.4 Å². The van der Waals surface area contributed by atoms with Crippen molar-refractivity contribution < 1.29 is 0 Å². The molecule has 1 aromatic rings. The first-order valence-electron chi connectivity index (χ1n) is 6.22. The van der Waals surface area contributed by atoms with Crippen molar-refractivity contribution in [1.29, 1.82) is 0 Å². The number of thiophene rings is 1. The molecule has 0 bridgehead atoms. The van der Waals surface area contributed by atoms with E-state index in [1.165, 1.54) is 38.6 Å². The summed E-state index contributed by atoms with van der Waals surface area (Å²) in [4.78, 5) is 1.70. The molecule has 1 unspecified atom stereocenters. The Bertz CT molecular complexity index is 325. The predicted octanol–water partition coefficient (Wildman–Crippen LogP) is 3.52. The third kappa shape index (κ3) is 1.85. The zero-order valence-electron chi connectivity index (χ0n) is 9.17. The summed E-state index contributed by atoms with van der Waals surface area (Å²) in [6, 6.07) is 2.31. The van der Waals surface area contributed by atoms with Gasteiger partial charge in [0.1, 0.15) is 0 Å². The highest BCUT2D eigenvalue weighted by Crippen LogP contribution is 2.40. The lowest BCUT2D eigenvalue weighted by Gasteiger charge is -2.33. The molecule has 1 aromatic heterocycles. The molecule has 82 valence electrons. The molecule has 1 atom stereocenters. The predicted molar refractivity (Wildman–Crippen MR) is 65.3 cm³/mol. The van der Waals surface area contributed by atoms with Gasteiger partial charge in [0.15, 0.2) is 0 Å². The summed E-state index contributed by atoms with van der Waals surface area (Å²) in [5.74, 6) is 1.79. The lowest BCUT2D eigenvalue weighted by Crippen LogP contribution is -2.32. The fourth-order valence-corrected chi connectivity index (χ4v) is 4.31. The first-order valence-corrected chi connectivity index (χ1v) is 7.10. The quantitative estimate of drug-likeness (QED) is 0.765. The minimum absolute atomic E-state index is 0.828. The van der Waals surface area contributed by atoms with Gasteiger partial charge in [-0.25, -0.2) is 0 Å². The second-order valence-corrected chi connectivity index (χ2v) is 5.89. The van der Waals surface area contributed by atoms with Gasteiger partial charge in [-0.3, -0.25) is 0 Å². The molecule has 2 heteroatoms. The van der Waals surface area contributed by atoms with E-state index in [-0.39, 0.29) is 0 Å². The Morgan fingerprint density at radius 2 is 2.07 bits per heavy atom. The van der Waals surface area contributed by atoms with Gasteiger partial charge >= 0.3 is 0 Å². The highest BCUT2D eigenvalue weighted by Gasteiger charge is 2.29. The second-order valence-electron chi connectivity index (χ2n) is 4.95. The Labute approximate surface area is 95.9 Å². The Morgan fingerprint density at radius 1 is 1.20 bits per heavy atom. The number of fused-ring (bicyclic) bond motifs is 1. The van der Waals surface area contributed by atoms with Gasteiger partial charge in [-0.15, -0.1) is 11.3 Å². The molecule has 15 heavy (non-hydrogen) atoms. The zero-order chi connectivity index (χ0) is 10.1. The maximum Gasteiger partial charge on any atom is 0.0216 e. The standard InChI is InChI=1S/C13H19NS/c1-2-4-10(5-3-1)12-9-14-8-11-6-7-15-13(11)12/h6-7,10,12,14H,1-5,8-9H2. The summed E-state index contributed by atoms with van der Waals surface area (Å²) in [7, 11) is 0. The van der Waals surface area contributed by atoms with Gasteiger partial charge < -0.3 is 5.32 Å². The zero-order valence-corrected chi connectivity index (χ0v) is 9.98. The van der Waals surface area contributed by atoms with E-state index in [0.717, 1.165) is 18.4 Å². The van der Waals surface area contributed by atoms with Crippen molar-refractivity contribution in [2.75, 3.05) is 6.54 Å². The number of rotatable bonds is 1. The molecule has 1 fully saturated rings. The SMILES string of the molecule is c1cc2c(s1)C(C1CCCCC1)CNC2. The highest BCUT2D eigenvalue weighted by atomic mass is 32.1. The van der Waals surface area contributed by atoms with Crippen LogP contribution in [-0.4, -0.2) is 6.54 Å². The van der Waals surface area contributed by atoms with E-state index in [1.807, 2.05) is 11.3 Å². The number of hydrogen-bond acceptors (Lipinski definition) is 2. The first kappa shape index (κ1) is 9.86. The van der Waals surface area contributed by atoms with Gasteiger partial charge in [0.05, 0.1) is 0 Å². The summed E-state index contributed by atoms with van der Waals surface area (Å²) in [5, 5.41) is 5.85. The maximum absolute atomic E-state index is 3.58. The molecule has 0 amide bonds. The third-order valence-electron chi connectivity index (χ3n) is 4.02. The molecule has 0 saturated heterocycles. The molecule has 1 saturated carbocycles. The molecule has 0 spiro atoms. The lowest BCUT2D eigenvalue weighted by molar-refractivity contribution is 0.291. The largest absolute Gasteiger partial charge is 0.312 e. The van der Waals surface area contributed by atoms with E-state index in [2.05, 4.69) is 16.8 Å². The van der Waals surface area contributed by atoms with Crippen molar-refractivity contribution in [3.63, 3.8) is 0 Å². The van der Waals surface area contributed by atoms with E-state index in [4.69, 9.17) is 0 Å². The van der Waals surface area contributed by atoms with Crippen LogP contribution in [0.1, 0.15) is 48.5 Å². The fourth-order valence-electron chi connectivity index (χ4n) is 3.19. The Hall–Kier alpha value is -0.340. The minimum Gasteiger partial charge on any atom is -0.312 e. The van der Waals surface area contributed by atoms with Crippen LogP contribution in [0.4, 0.5) is 0 Å². The molecule has 1 aliphatic carbocycles. The van der Waals surface area contributed by atoms with E-state index in [0.29, 0.717) is 0 Å². The van der Waals surface area contributed by atoms with Crippen LogP contribution >= 0.6 is 11.3 Å². The van der Waals surface area contributed by atoms with Crippen molar-refractivity contribution in [2.24, 2.45) is 5.92 Å². The number of nitrogens with one attached hydrogen (secondary N) is 1. The smallest absolute Gasteiger partial charge is 0.0216 e. The Kier molecular flexibility index (Phi) is 2.80. The van der Waals surface area contributed by atoms with Crippen LogP contribution in [-0.2, 0) is 6.54 Å². The van der Waals surface area contributed by atoms with Crippen LogP contribution in [0.2, 0.25) is 0 Å². The fraction of sp³-hybridized carbons (Fsp3) is 0.692. The van der Waals surface area contributed by atoms with Crippen molar-refractivity contribution in [1.82, 2.24) is 5.32 Å². The monoisotopic (exact) mass is 221 g/mol. The van der Waals surface area contributed by atoms with Crippen molar-refractivity contribution in [3.8, 4) is 0 Å². The summed E-state index contributed by atoms with van der Waals surface area (Å²) in [6.45, 7) is 2.32. The topological polar surface area (TPSA) is 12.0 Å². The van der Waals surface area contributed by atoms with Crippen LogP contribution in [0.5, 0.6) is 0 Å². The molecule has 2 aliphatic rings. The van der Waals surface area contributed by atoms with Gasteiger partial charge in [0, 0.05) is 23.9 Å². The average molecular weight is 221 g/mol. The molecule has 0 aromatic carbocycles. The van der Waals surface area contributed by atoms with Crippen LogP contribution in [0.25, 0.3) is 0 Å². The minimum atomic E-state index is 0.828. The molecule has 1 N–H and O–H groups in total. The highest BCUT2D eigenvalue weighted by molar-refractivity contribution is 7.10.